The highest BCUT2D eigenvalue weighted by Gasteiger charge is 2.38. The number of rotatable bonds is 10. The van der Waals surface area contributed by atoms with Crippen LogP contribution in [0.3, 0.4) is 0 Å². The van der Waals surface area contributed by atoms with Crippen molar-refractivity contribution in [1.82, 2.24) is 9.88 Å². The summed E-state index contributed by atoms with van der Waals surface area (Å²) in [6, 6.07) is 7.42. The topological polar surface area (TPSA) is 93.2 Å². The molecule has 0 aliphatic carbocycles. The summed E-state index contributed by atoms with van der Waals surface area (Å²) >= 11 is 0. The second kappa shape index (κ2) is 11.9. The van der Waals surface area contributed by atoms with Gasteiger partial charge in [0.15, 0.2) is 11.5 Å². The van der Waals surface area contributed by atoms with Gasteiger partial charge in [-0.15, -0.1) is 0 Å². The van der Waals surface area contributed by atoms with Gasteiger partial charge in [0, 0.05) is 37.5 Å². The average Bonchev–Trinajstić information content (AvgIpc) is 3.36. The maximum atomic E-state index is 12.5. The number of anilines is 1. The maximum absolute atomic E-state index is 12.5. The second-order valence-electron chi connectivity index (χ2n) is 11.2. The first-order valence-electron chi connectivity index (χ1n) is 14.1. The molecule has 8 nitrogen and oxygen atoms in total. The van der Waals surface area contributed by atoms with Crippen LogP contribution in [0.5, 0.6) is 11.5 Å². The minimum atomic E-state index is -0.874. The van der Waals surface area contributed by atoms with Crippen molar-refractivity contribution in [1.29, 1.82) is 0 Å². The Labute approximate surface area is 225 Å². The Morgan fingerprint density at radius 3 is 2.97 bits per heavy atom. The summed E-state index contributed by atoms with van der Waals surface area (Å²) in [6.45, 7) is 9.56. The van der Waals surface area contributed by atoms with Gasteiger partial charge in [-0.05, 0) is 80.7 Å². The zero-order valence-corrected chi connectivity index (χ0v) is 22.9. The van der Waals surface area contributed by atoms with E-state index in [1.54, 1.807) is 0 Å². The average molecular weight is 524 g/mol. The van der Waals surface area contributed by atoms with Crippen molar-refractivity contribution >= 4 is 11.8 Å². The molecular formula is C30H41N3O5. The summed E-state index contributed by atoms with van der Waals surface area (Å²) in [4.78, 5) is 19.3. The van der Waals surface area contributed by atoms with Gasteiger partial charge in [-0.1, -0.05) is 19.9 Å². The molecular weight excluding hydrogens is 482 g/mol. The molecule has 38 heavy (non-hydrogen) atoms. The van der Waals surface area contributed by atoms with Crippen LogP contribution in [0, 0.1) is 12.8 Å². The molecule has 8 heteroatoms. The van der Waals surface area contributed by atoms with Gasteiger partial charge in [-0.25, -0.2) is 4.98 Å². The predicted octanol–water partition coefficient (Wildman–Crippen LogP) is 4.78. The number of benzene rings is 1. The van der Waals surface area contributed by atoms with E-state index >= 15 is 0 Å². The SMILES string of the molecule is Cc1cc2c(c([C@@H](C(=O)O)N3CC[C@@H](OCCCCc4ccc5c(n4)NCCC5)C3)c1)O[C@H](C(C)C)CO2. The van der Waals surface area contributed by atoms with E-state index in [1.807, 2.05) is 24.0 Å². The summed E-state index contributed by atoms with van der Waals surface area (Å²) < 4.78 is 18.5. The molecule has 0 spiro atoms. The Morgan fingerprint density at radius 1 is 1.29 bits per heavy atom. The molecule has 0 unspecified atom stereocenters. The molecule has 2 N–H and O–H groups in total. The number of likely N-dealkylation sites (tertiary alicyclic amines) is 1. The zero-order chi connectivity index (χ0) is 26.6. The first-order chi connectivity index (χ1) is 18.4. The lowest BCUT2D eigenvalue weighted by Gasteiger charge is -2.33. The quantitative estimate of drug-likeness (QED) is 0.430. The number of carboxylic acid groups (broad SMARTS) is 1. The second-order valence-corrected chi connectivity index (χ2v) is 11.2. The van der Waals surface area contributed by atoms with Crippen LogP contribution in [-0.4, -0.2) is 66.0 Å². The minimum absolute atomic E-state index is 0.0316. The molecule has 2 aromatic rings. The van der Waals surface area contributed by atoms with Crippen LogP contribution in [-0.2, 0) is 22.4 Å². The molecule has 0 radical (unpaired) electrons. The maximum Gasteiger partial charge on any atom is 0.325 e. The fourth-order valence-electron chi connectivity index (χ4n) is 5.67. The number of carboxylic acids is 1. The van der Waals surface area contributed by atoms with Gasteiger partial charge >= 0.3 is 5.97 Å². The summed E-state index contributed by atoms with van der Waals surface area (Å²) in [5.74, 6) is 1.66. The molecule has 0 saturated carbocycles. The summed E-state index contributed by atoms with van der Waals surface area (Å²) in [5.41, 5.74) is 4.08. The molecule has 3 aliphatic heterocycles. The molecule has 0 bridgehead atoms. The van der Waals surface area contributed by atoms with Crippen LogP contribution >= 0.6 is 0 Å². The molecule has 1 fully saturated rings. The number of unbranched alkanes of at least 4 members (excludes halogenated alkanes) is 1. The third-order valence-electron chi connectivity index (χ3n) is 7.85. The van der Waals surface area contributed by atoms with Gasteiger partial charge in [0.25, 0.3) is 0 Å². The van der Waals surface area contributed by atoms with E-state index in [0.29, 0.717) is 43.4 Å². The molecule has 206 valence electrons. The smallest absolute Gasteiger partial charge is 0.325 e. The first-order valence-corrected chi connectivity index (χ1v) is 14.1. The molecule has 5 rings (SSSR count). The van der Waals surface area contributed by atoms with E-state index in [1.165, 1.54) is 12.0 Å². The number of ether oxygens (including phenoxy) is 3. The van der Waals surface area contributed by atoms with Crippen LogP contribution in [0.25, 0.3) is 0 Å². The van der Waals surface area contributed by atoms with Crippen LogP contribution < -0.4 is 14.8 Å². The Bertz CT molecular complexity index is 1140. The van der Waals surface area contributed by atoms with Crippen molar-refractivity contribution in [2.45, 2.75) is 77.5 Å². The lowest BCUT2D eigenvalue weighted by Crippen LogP contribution is -2.37. The monoisotopic (exact) mass is 523 g/mol. The predicted molar refractivity (Wildman–Crippen MR) is 146 cm³/mol. The lowest BCUT2D eigenvalue weighted by atomic mass is 9.99. The van der Waals surface area contributed by atoms with E-state index < -0.39 is 12.0 Å². The molecule has 4 heterocycles. The van der Waals surface area contributed by atoms with Crippen molar-refractivity contribution < 1.29 is 24.1 Å². The molecule has 0 amide bonds. The van der Waals surface area contributed by atoms with Gasteiger partial charge in [-0.3, -0.25) is 9.69 Å². The highest BCUT2D eigenvalue weighted by Crippen LogP contribution is 2.43. The Kier molecular flexibility index (Phi) is 8.39. The highest BCUT2D eigenvalue weighted by atomic mass is 16.6. The standard InChI is InChI=1S/C30H41N3O5/c1-19(2)26-18-37-25-16-20(3)15-24(28(25)38-26)27(30(34)35)33-13-11-23(17-33)36-14-5-4-8-22-10-9-21-7-6-12-31-29(21)32-22/h9-10,15-16,19,23,26-27H,4-8,11-14,17-18H2,1-3H3,(H,31,32)(H,34,35)/t23-,26+,27+/m1/s1. The van der Waals surface area contributed by atoms with Crippen LogP contribution in [0.15, 0.2) is 24.3 Å². The third-order valence-corrected chi connectivity index (χ3v) is 7.85. The normalized spacial score (nSPS) is 21.7. The van der Waals surface area contributed by atoms with E-state index in [-0.39, 0.29) is 18.1 Å². The first kappa shape index (κ1) is 26.8. The molecule has 1 aromatic carbocycles. The molecule has 1 saturated heterocycles. The van der Waals surface area contributed by atoms with Gasteiger partial charge < -0.3 is 24.6 Å². The van der Waals surface area contributed by atoms with Crippen molar-refractivity contribution in [3.63, 3.8) is 0 Å². The number of fused-ring (bicyclic) bond motifs is 2. The van der Waals surface area contributed by atoms with Gasteiger partial charge in [0.1, 0.15) is 24.6 Å². The van der Waals surface area contributed by atoms with E-state index in [4.69, 9.17) is 19.2 Å². The van der Waals surface area contributed by atoms with Crippen LogP contribution in [0.2, 0.25) is 0 Å². The minimum Gasteiger partial charge on any atom is -0.486 e. The van der Waals surface area contributed by atoms with E-state index in [2.05, 4.69) is 31.3 Å². The fraction of sp³-hybridized carbons (Fsp3) is 0.600. The Hall–Kier alpha value is -2.84. The number of hydrogen-bond donors (Lipinski definition) is 2. The lowest BCUT2D eigenvalue weighted by molar-refractivity contribution is -0.143. The number of pyridine rings is 1. The number of nitrogens with zero attached hydrogens (tertiary/aromatic N) is 2. The number of aliphatic carboxylic acids is 1. The summed E-state index contributed by atoms with van der Waals surface area (Å²) in [5, 5.41) is 13.7. The number of hydrogen-bond acceptors (Lipinski definition) is 7. The number of aryl methyl sites for hydroxylation is 3. The van der Waals surface area contributed by atoms with Crippen molar-refractivity contribution in [2.24, 2.45) is 5.92 Å². The summed E-state index contributed by atoms with van der Waals surface area (Å²) in [7, 11) is 0. The van der Waals surface area contributed by atoms with Gasteiger partial charge in [-0.2, -0.15) is 0 Å². The Morgan fingerprint density at radius 2 is 2.16 bits per heavy atom. The third kappa shape index (κ3) is 6.07. The van der Waals surface area contributed by atoms with Crippen molar-refractivity contribution in [2.75, 3.05) is 38.2 Å². The molecule has 1 aromatic heterocycles. The number of nitrogens with one attached hydrogen (secondary N) is 1. The van der Waals surface area contributed by atoms with E-state index in [9.17, 15) is 9.90 Å². The number of aromatic nitrogens is 1. The fourth-order valence-corrected chi connectivity index (χ4v) is 5.67. The van der Waals surface area contributed by atoms with Crippen LogP contribution in [0.1, 0.15) is 68.0 Å². The molecule has 3 aliphatic rings. The van der Waals surface area contributed by atoms with Crippen molar-refractivity contribution in [3.05, 3.63) is 46.6 Å². The Balaban J connectivity index is 1.15. The van der Waals surface area contributed by atoms with Crippen molar-refractivity contribution in [3.8, 4) is 11.5 Å². The largest absolute Gasteiger partial charge is 0.486 e. The van der Waals surface area contributed by atoms with Gasteiger partial charge in [0.2, 0.25) is 0 Å². The molecule has 3 atom stereocenters. The van der Waals surface area contributed by atoms with Gasteiger partial charge in [0.05, 0.1) is 6.10 Å². The highest BCUT2D eigenvalue weighted by molar-refractivity contribution is 5.78. The van der Waals surface area contributed by atoms with E-state index in [0.717, 1.165) is 55.7 Å². The summed E-state index contributed by atoms with van der Waals surface area (Å²) in [6.07, 6.45) is 5.95. The van der Waals surface area contributed by atoms with Crippen LogP contribution in [0.4, 0.5) is 5.82 Å². The number of carbonyl (C=O) groups is 1. The zero-order valence-electron chi connectivity index (χ0n) is 22.9.